The molecule has 1 fully saturated rings. The van der Waals surface area contributed by atoms with Gasteiger partial charge in [-0.15, -0.1) is 6.58 Å². The molecule has 1 rings (SSSR count). The lowest BCUT2D eigenvalue weighted by Gasteiger charge is -2.36. The van der Waals surface area contributed by atoms with E-state index in [0.29, 0.717) is 32.4 Å². The summed E-state index contributed by atoms with van der Waals surface area (Å²) in [5.74, 6) is 0. The second kappa shape index (κ2) is 3.79. The summed E-state index contributed by atoms with van der Waals surface area (Å²) in [4.78, 5) is 11.9. The highest BCUT2D eigenvalue weighted by atomic mass is 16.4. The van der Waals surface area contributed by atoms with Crippen molar-refractivity contribution in [3.8, 4) is 0 Å². The second-order valence-corrected chi connectivity index (χ2v) is 3.49. The van der Waals surface area contributed by atoms with Crippen LogP contribution in [0.4, 0.5) is 4.79 Å². The largest absolute Gasteiger partial charge is 0.465 e. The maximum Gasteiger partial charge on any atom is 0.407 e. The summed E-state index contributed by atoms with van der Waals surface area (Å²) < 4.78 is 0. The average molecular weight is 185 g/mol. The van der Waals surface area contributed by atoms with Crippen LogP contribution in [0.1, 0.15) is 19.3 Å². The molecule has 4 nitrogen and oxygen atoms in total. The summed E-state index contributed by atoms with van der Waals surface area (Å²) in [5, 5.41) is 18.5. The summed E-state index contributed by atoms with van der Waals surface area (Å²) in [6, 6.07) is 0. The first-order valence-corrected chi connectivity index (χ1v) is 4.38. The first kappa shape index (κ1) is 10.1. The molecule has 1 aliphatic heterocycles. The fourth-order valence-corrected chi connectivity index (χ4v) is 1.59. The van der Waals surface area contributed by atoms with Crippen LogP contribution < -0.4 is 0 Å². The van der Waals surface area contributed by atoms with Gasteiger partial charge in [-0.3, -0.25) is 0 Å². The van der Waals surface area contributed by atoms with Crippen LogP contribution in [0.2, 0.25) is 0 Å². The topological polar surface area (TPSA) is 60.8 Å². The molecule has 0 bridgehead atoms. The third-order valence-corrected chi connectivity index (χ3v) is 2.49. The summed E-state index contributed by atoms with van der Waals surface area (Å²) in [7, 11) is 0. The van der Waals surface area contributed by atoms with E-state index in [1.165, 1.54) is 4.90 Å². The van der Waals surface area contributed by atoms with Gasteiger partial charge in [0.05, 0.1) is 5.60 Å². The molecule has 0 saturated carbocycles. The molecule has 0 unspecified atom stereocenters. The summed E-state index contributed by atoms with van der Waals surface area (Å²) in [6.07, 6.45) is 2.33. The molecule has 4 heteroatoms. The molecule has 1 amide bonds. The zero-order valence-corrected chi connectivity index (χ0v) is 7.57. The van der Waals surface area contributed by atoms with Crippen LogP contribution in [0.15, 0.2) is 12.7 Å². The number of hydrogen-bond donors (Lipinski definition) is 2. The second-order valence-electron chi connectivity index (χ2n) is 3.49. The summed E-state index contributed by atoms with van der Waals surface area (Å²) in [5.41, 5.74) is -0.728. The van der Waals surface area contributed by atoms with Crippen LogP contribution in [-0.2, 0) is 0 Å². The van der Waals surface area contributed by atoms with Crippen molar-refractivity contribution in [1.29, 1.82) is 0 Å². The number of carbonyl (C=O) groups is 1. The number of rotatable bonds is 2. The van der Waals surface area contributed by atoms with Gasteiger partial charge in [0.1, 0.15) is 0 Å². The predicted octanol–water partition coefficient (Wildman–Crippen LogP) is 1.07. The smallest absolute Gasteiger partial charge is 0.407 e. The molecule has 0 spiro atoms. The van der Waals surface area contributed by atoms with Crippen molar-refractivity contribution in [3.63, 3.8) is 0 Å². The van der Waals surface area contributed by atoms with Gasteiger partial charge < -0.3 is 15.1 Å². The maximum absolute atomic E-state index is 10.5. The average Bonchev–Trinajstić information content (AvgIpc) is 2.05. The fraction of sp³-hybridized carbons (Fsp3) is 0.667. The van der Waals surface area contributed by atoms with Crippen molar-refractivity contribution in [1.82, 2.24) is 4.90 Å². The molecule has 13 heavy (non-hydrogen) atoms. The van der Waals surface area contributed by atoms with Gasteiger partial charge in [0.25, 0.3) is 0 Å². The Bertz CT molecular complexity index is 207. The van der Waals surface area contributed by atoms with E-state index in [4.69, 9.17) is 5.11 Å². The Labute approximate surface area is 77.5 Å². The Morgan fingerprint density at radius 1 is 1.54 bits per heavy atom. The highest BCUT2D eigenvalue weighted by Gasteiger charge is 2.32. The van der Waals surface area contributed by atoms with Crippen LogP contribution >= 0.6 is 0 Å². The lowest BCUT2D eigenvalue weighted by atomic mass is 9.88. The van der Waals surface area contributed by atoms with E-state index in [-0.39, 0.29) is 0 Å². The van der Waals surface area contributed by atoms with E-state index in [1.807, 2.05) is 0 Å². The Balaban J connectivity index is 2.46. The van der Waals surface area contributed by atoms with Crippen LogP contribution in [-0.4, -0.2) is 39.9 Å². The molecule has 0 atom stereocenters. The van der Waals surface area contributed by atoms with E-state index in [9.17, 15) is 9.90 Å². The van der Waals surface area contributed by atoms with Gasteiger partial charge in [0.15, 0.2) is 0 Å². The molecule has 0 aromatic rings. The van der Waals surface area contributed by atoms with Gasteiger partial charge in [-0.1, -0.05) is 6.08 Å². The molecule has 0 aromatic carbocycles. The maximum atomic E-state index is 10.5. The van der Waals surface area contributed by atoms with Crippen LogP contribution in [0.5, 0.6) is 0 Å². The van der Waals surface area contributed by atoms with E-state index >= 15 is 0 Å². The van der Waals surface area contributed by atoms with Crippen molar-refractivity contribution in [2.45, 2.75) is 24.9 Å². The van der Waals surface area contributed by atoms with Gasteiger partial charge >= 0.3 is 6.09 Å². The monoisotopic (exact) mass is 185 g/mol. The first-order chi connectivity index (χ1) is 6.07. The van der Waals surface area contributed by atoms with Crippen LogP contribution in [0.3, 0.4) is 0 Å². The molecule has 0 aliphatic carbocycles. The SMILES string of the molecule is C=CCC1(O)CCN(C(=O)O)CC1. The minimum atomic E-state index is -0.902. The minimum absolute atomic E-state index is 0.416. The van der Waals surface area contributed by atoms with Gasteiger partial charge in [0, 0.05) is 13.1 Å². The third-order valence-electron chi connectivity index (χ3n) is 2.49. The zero-order chi connectivity index (χ0) is 9.90. The molecular weight excluding hydrogens is 170 g/mol. The van der Waals surface area contributed by atoms with Crippen molar-refractivity contribution in [2.75, 3.05) is 13.1 Å². The number of hydrogen-bond acceptors (Lipinski definition) is 2. The van der Waals surface area contributed by atoms with E-state index in [1.54, 1.807) is 6.08 Å². The summed E-state index contributed by atoms with van der Waals surface area (Å²) >= 11 is 0. The molecule has 1 heterocycles. The fourth-order valence-electron chi connectivity index (χ4n) is 1.59. The Morgan fingerprint density at radius 2 is 2.08 bits per heavy atom. The third kappa shape index (κ3) is 2.45. The van der Waals surface area contributed by atoms with Crippen molar-refractivity contribution < 1.29 is 15.0 Å². The highest BCUT2D eigenvalue weighted by molar-refractivity contribution is 5.65. The van der Waals surface area contributed by atoms with Gasteiger partial charge in [-0.2, -0.15) is 0 Å². The Hall–Kier alpha value is -1.03. The van der Waals surface area contributed by atoms with E-state index < -0.39 is 11.7 Å². The lowest BCUT2D eigenvalue weighted by Crippen LogP contribution is -2.45. The van der Waals surface area contributed by atoms with Crippen LogP contribution in [0, 0.1) is 0 Å². The molecule has 2 N–H and O–H groups in total. The van der Waals surface area contributed by atoms with Gasteiger partial charge in [-0.05, 0) is 19.3 Å². The van der Waals surface area contributed by atoms with Crippen molar-refractivity contribution in [3.05, 3.63) is 12.7 Å². The minimum Gasteiger partial charge on any atom is -0.465 e. The van der Waals surface area contributed by atoms with E-state index in [0.717, 1.165) is 0 Å². The Morgan fingerprint density at radius 3 is 2.46 bits per heavy atom. The van der Waals surface area contributed by atoms with E-state index in [2.05, 4.69) is 6.58 Å². The number of carboxylic acid groups (broad SMARTS) is 1. The van der Waals surface area contributed by atoms with Crippen molar-refractivity contribution in [2.24, 2.45) is 0 Å². The van der Waals surface area contributed by atoms with Gasteiger partial charge in [-0.25, -0.2) is 4.79 Å². The number of aliphatic hydroxyl groups is 1. The summed E-state index contributed by atoms with van der Waals surface area (Å²) in [6.45, 7) is 4.40. The zero-order valence-electron chi connectivity index (χ0n) is 7.57. The molecule has 74 valence electrons. The van der Waals surface area contributed by atoms with Gasteiger partial charge in [0.2, 0.25) is 0 Å². The molecule has 1 saturated heterocycles. The highest BCUT2D eigenvalue weighted by Crippen LogP contribution is 2.25. The Kier molecular flexibility index (Phi) is 2.93. The molecular formula is C9H15NO3. The van der Waals surface area contributed by atoms with Crippen LogP contribution in [0.25, 0.3) is 0 Å². The lowest BCUT2D eigenvalue weighted by molar-refractivity contribution is -0.0141. The molecule has 1 aliphatic rings. The molecule has 0 radical (unpaired) electrons. The standard InChI is InChI=1S/C9H15NO3/c1-2-3-9(13)4-6-10(7-5-9)8(11)12/h2,13H,1,3-7H2,(H,11,12). The van der Waals surface area contributed by atoms with Crippen molar-refractivity contribution >= 4 is 6.09 Å². The molecule has 0 aromatic heterocycles. The normalized spacial score (nSPS) is 21.2. The quantitative estimate of drug-likeness (QED) is 0.632. The first-order valence-electron chi connectivity index (χ1n) is 4.38. The number of piperidine rings is 1. The number of nitrogens with zero attached hydrogens (tertiary/aromatic N) is 1. The predicted molar refractivity (Wildman–Crippen MR) is 48.6 cm³/mol. The number of likely N-dealkylation sites (tertiary alicyclic amines) is 1. The number of amides is 1.